The van der Waals surface area contributed by atoms with Gasteiger partial charge in [0.1, 0.15) is 0 Å². The van der Waals surface area contributed by atoms with Crippen LogP contribution in [-0.4, -0.2) is 33.3 Å². The van der Waals surface area contributed by atoms with E-state index < -0.39 is 17.3 Å². The average molecular weight is 357 g/mol. The number of hydrogen-bond donors (Lipinski definition) is 2. The molecular weight excluding hydrogens is 334 g/mol. The summed E-state index contributed by atoms with van der Waals surface area (Å²) < 4.78 is 1.57. The molecule has 0 spiro atoms. The van der Waals surface area contributed by atoms with Gasteiger partial charge in [0.25, 0.3) is 5.91 Å². The Kier molecular flexibility index (Phi) is 7.08. The van der Waals surface area contributed by atoms with Crippen molar-refractivity contribution in [2.24, 2.45) is 0 Å². The number of hydrogen-bond acceptors (Lipinski definition) is 4. The molecule has 0 bridgehead atoms. The number of amides is 1. The van der Waals surface area contributed by atoms with Crippen molar-refractivity contribution in [3.05, 3.63) is 58.0 Å². The summed E-state index contributed by atoms with van der Waals surface area (Å²) in [6.45, 7) is 2.19. The Morgan fingerprint density at radius 2 is 1.81 bits per heavy atom. The van der Waals surface area contributed by atoms with Gasteiger partial charge in [-0.2, -0.15) is 5.10 Å². The lowest BCUT2D eigenvalue weighted by molar-refractivity contribution is -0.137. The molecule has 7 heteroatoms. The van der Waals surface area contributed by atoms with Gasteiger partial charge in [-0.25, -0.2) is 4.68 Å². The molecule has 1 amide bonds. The highest BCUT2D eigenvalue weighted by atomic mass is 16.4. The summed E-state index contributed by atoms with van der Waals surface area (Å²) in [6, 6.07) is 10.7. The van der Waals surface area contributed by atoms with E-state index in [9.17, 15) is 14.4 Å². The van der Waals surface area contributed by atoms with Crippen LogP contribution >= 0.6 is 0 Å². The topological polar surface area (TPSA) is 101 Å². The van der Waals surface area contributed by atoms with Gasteiger partial charge in [-0.3, -0.25) is 14.4 Å². The summed E-state index contributed by atoms with van der Waals surface area (Å²) in [7, 11) is 0. The van der Waals surface area contributed by atoms with Crippen LogP contribution in [0.25, 0.3) is 5.69 Å². The lowest BCUT2D eigenvalue weighted by Gasteiger charge is -2.11. The molecule has 138 valence electrons. The molecule has 1 heterocycles. The number of aryl methyl sites for hydroxylation is 1. The maximum absolute atomic E-state index is 12.3. The largest absolute Gasteiger partial charge is 0.481 e. The predicted molar refractivity (Wildman–Crippen MR) is 97.6 cm³/mol. The maximum Gasteiger partial charge on any atom is 0.303 e. The maximum atomic E-state index is 12.3. The quantitative estimate of drug-likeness (QED) is 0.671. The number of benzene rings is 1. The highest BCUT2D eigenvalue weighted by Gasteiger charge is 2.14. The molecule has 0 unspecified atom stereocenters. The zero-order valence-electron chi connectivity index (χ0n) is 14.8. The number of rotatable bonds is 9. The van der Waals surface area contributed by atoms with E-state index in [0.29, 0.717) is 18.7 Å². The molecule has 0 radical (unpaired) electrons. The van der Waals surface area contributed by atoms with Crippen LogP contribution in [0.1, 0.15) is 48.3 Å². The van der Waals surface area contributed by atoms with Gasteiger partial charge >= 0.3 is 5.97 Å². The molecule has 2 rings (SSSR count). The van der Waals surface area contributed by atoms with Crippen molar-refractivity contribution in [1.29, 1.82) is 0 Å². The number of carbonyl (C=O) groups excluding carboxylic acids is 1. The molecule has 0 aliphatic heterocycles. The molecule has 0 saturated heterocycles. The summed E-state index contributed by atoms with van der Waals surface area (Å²) in [5.74, 6) is -1.29. The van der Waals surface area contributed by atoms with Crippen LogP contribution in [-0.2, 0) is 4.79 Å². The Labute approximate surface area is 151 Å². The molecule has 0 atom stereocenters. The van der Waals surface area contributed by atoms with Crippen LogP contribution in [0.3, 0.4) is 0 Å². The zero-order chi connectivity index (χ0) is 18.9. The SMILES string of the molecule is Cc1cc(=O)c(C(=O)NCCCCCCC(=O)O)nn1-c1ccccc1. The Bertz CT molecular complexity index is 815. The fourth-order valence-electron chi connectivity index (χ4n) is 2.58. The number of carboxylic acids is 1. The highest BCUT2D eigenvalue weighted by Crippen LogP contribution is 2.08. The van der Waals surface area contributed by atoms with E-state index in [1.165, 1.54) is 6.07 Å². The number of aromatic nitrogens is 2. The second kappa shape index (κ2) is 9.50. The molecule has 2 N–H and O–H groups in total. The monoisotopic (exact) mass is 357 g/mol. The third-order valence-electron chi connectivity index (χ3n) is 3.93. The number of carbonyl (C=O) groups is 2. The van der Waals surface area contributed by atoms with Crippen LogP contribution in [0.5, 0.6) is 0 Å². The first-order valence-corrected chi connectivity index (χ1v) is 8.65. The van der Waals surface area contributed by atoms with Crippen molar-refractivity contribution >= 4 is 11.9 Å². The summed E-state index contributed by atoms with van der Waals surface area (Å²) in [4.78, 5) is 34.8. The van der Waals surface area contributed by atoms with Crippen molar-refractivity contribution in [1.82, 2.24) is 15.1 Å². The first kappa shape index (κ1) is 19.4. The Hall–Kier alpha value is -2.96. The molecule has 7 nitrogen and oxygen atoms in total. The van der Waals surface area contributed by atoms with Crippen LogP contribution in [0, 0.1) is 6.92 Å². The number of unbranched alkanes of at least 4 members (excludes halogenated alkanes) is 3. The second-order valence-electron chi connectivity index (χ2n) is 6.06. The number of aliphatic carboxylic acids is 1. The van der Waals surface area contributed by atoms with Gasteiger partial charge in [-0.15, -0.1) is 0 Å². The average Bonchev–Trinajstić information content (AvgIpc) is 2.61. The van der Waals surface area contributed by atoms with Crippen molar-refractivity contribution in [2.75, 3.05) is 6.54 Å². The predicted octanol–water partition coefficient (Wildman–Crippen LogP) is 2.31. The zero-order valence-corrected chi connectivity index (χ0v) is 14.8. The summed E-state index contributed by atoms with van der Waals surface area (Å²) in [5.41, 5.74) is 0.882. The van der Waals surface area contributed by atoms with Gasteiger partial charge < -0.3 is 10.4 Å². The first-order chi connectivity index (χ1) is 12.5. The molecular formula is C19H23N3O4. The van der Waals surface area contributed by atoms with Crippen LogP contribution in [0.2, 0.25) is 0 Å². The number of nitrogens with one attached hydrogen (secondary N) is 1. The van der Waals surface area contributed by atoms with Crippen LogP contribution in [0.4, 0.5) is 0 Å². The van der Waals surface area contributed by atoms with E-state index in [4.69, 9.17) is 5.11 Å². The highest BCUT2D eigenvalue weighted by molar-refractivity contribution is 5.92. The number of carboxylic acid groups (broad SMARTS) is 1. The van der Waals surface area contributed by atoms with E-state index >= 15 is 0 Å². The molecule has 1 aromatic heterocycles. The van der Waals surface area contributed by atoms with Crippen LogP contribution in [0.15, 0.2) is 41.2 Å². The lowest BCUT2D eigenvalue weighted by atomic mass is 10.1. The third kappa shape index (κ3) is 5.54. The standard InChI is InChI=1S/C19H23N3O4/c1-14-13-16(23)18(21-22(14)15-9-5-4-6-10-15)19(26)20-12-8-3-2-7-11-17(24)25/h4-6,9-10,13H,2-3,7-8,11-12H2,1H3,(H,20,26)(H,24,25). The first-order valence-electron chi connectivity index (χ1n) is 8.65. The fraction of sp³-hybridized carbons (Fsp3) is 0.368. The fourth-order valence-corrected chi connectivity index (χ4v) is 2.58. The van der Waals surface area contributed by atoms with E-state index in [1.807, 2.05) is 30.3 Å². The molecule has 26 heavy (non-hydrogen) atoms. The summed E-state index contributed by atoms with van der Waals surface area (Å²) >= 11 is 0. The normalized spacial score (nSPS) is 10.5. The summed E-state index contributed by atoms with van der Waals surface area (Å²) in [5, 5.41) is 15.5. The molecule has 0 aliphatic carbocycles. The van der Waals surface area contributed by atoms with E-state index in [0.717, 1.165) is 24.9 Å². The van der Waals surface area contributed by atoms with E-state index in [1.54, 1.807) is 11.6 Å². The third-order valence-corrected chi connectivity index (χ3v) is 3.93. The van der Waals surface area contributed by atoms with Gasteiger partial charge in [-0.05, 0) is 31.9 Å². The number of para-hydroxylation sites is 1. The smallest absolute Gasteiger partial charge is 0.303 e. The van der Waals surface area contributed by atoms with Crippen molar-refractivity contribution < 1.29 is 14.7 Å². The van der Waals surface area contributed by atoms with Gasteiger partial charge in [-0.1, -0.05) is 31.0 Å². The van der Waals surface area contributed by atoms with E-state index in [2.05, 4.69) is 10.4 Å². The van der Waals surface area contributed by atoms with Crippen LogP contribution < -0.4 is 10.7 Å². The second-order valence-corrected chi connectivity index (χ2v) is 6.06. The lowest BCUT2D eigenvalue weighted by Crippen LogP contribution is -2.32. The van der Waals surface area contributed by atoms with Gasteiger partial charge in [0.15, 0.2) is 5.69 Å². The van der Waals surface area contributed by atoms with Gasteiger partial charge in [0.05, 0.1) is 5.69 Å². The Morgan fingerprint density at radius 1 is 1.12 bits per heavy atom. The minimum atomic E-state index is -0.793. The molecule has 1 aromatic carbocycles. The minimum absolute atomic E-state index is 0.134. The molecule has 2 aromatic rings. The molecule has 0 aliphatic rings. The van der Waals surface area contributed by atoms with Crippen molar-refractivity contribution in [3.8, 4) is 5.69 Å². The van der Waals surface area contributed by atoms with Gasteiger partial charge in [0.2, 0.25) is 5.43 Å². The number of nitrogens with zero attached hydrogens (tertiary/aromatic N) is 2. The molecule has 0 saturated carbocycles. The summed E-state index contributed by atoms with van der Waals surface area (Å²) in [6.07, 6.45) is 3.14. The van der Waals surface area contributed by atoms with Gasteiger partial charge in [0, 0.05) is 24.7 Å². The molecule has 0 fully saturated rings. The van der Waals surface area contributed by atoms with E-state index in [-0.39, 0.29) is 12.1 Å². The minimum Gasteiger partial charge on any atom is -0.481 e. The Balaban J connectivity index is 1.94. The van der Waals surface area contributed by atoms with Crippen molar-refractivity contribution in [2.45, 2.75) is 39.0 Å². The Morgan fingerprint density at radius 3 is 2.50 bits per heavy atom. The van der Waals surface area contributed by atoms with Crippen molar-refractivity contribution in [3.63, 3.8) is 0 Å².